The van der Waals surface area contributed by atoms with E-state index in [1.165, 1.54) is 24.1 Å². The second-order valence-electron chi connectivity index (χ2n) is 7.81. The first kappa shape index (κ1) is 25.7. The third-order valence-electron chi connectivity index (χ3n) is 5.21. The summed E-state index contributed by atoms with van der Waals surface area (Å²) in [5.74, 6) is -0.696. The summed E-state index contributed by atoms with van der Waals surface area (Å²) in [4.78, 5) is 24.6. The molecule has 2 unspecified atom stereocenters. The highest BCUT2D eigenvalue weighted by atomic mass is 35.5. The number of benzene rings is 1. The van der Waals surface area contributed by atoms with Crippen LogP contribution in [-0.2, 0) is 23.4 Å². The van der Waals surface area contributed by atoms with Crippen LogP contribution in [0.5, 0.6) is 5.75 Å². The SMILES string of the molecule is C=C1NC(=O)C=CN1[C@@H]1O[C@H](COP(=O)(C[C@@H](C)C(C)=O)Oc2ccccc2)C(O)C1(Cl)Cl. The highest BCUT2D eigenvalue weighted by Crippen LogP contribution is 2.51. The molecule has 0 aromatic heterocycles. The van der Waals surface area contributed by atoms with Gasteiger partial charge in [-0.05, 0) is 19.1 Å². The first-order valence-electron chi connectivity index (χ1n) is 10.1. The summed E-state index contributed by atoms with van der Waals surface area (Å²) in [6.45, 7) is 6.35. The average Bonchev–Trinajstić information content (AvgIpc) is 2.96. The number of ether oxygens (including phenoxy) is 1. The van der Waals surface area contributed by atoms with Crippen molar-refractivity contribution in [2.24, 2.45) is 5.92 Å². The molecular formula is C21H25Cl2N2O7P. The molecular weight excluding hydrogens is 494 g/mol. The maximum absolute atomic E-state index is 13.5. The van der Waals surface area contributed by atoms with Crippen molar-refractivity contribution in [1.82, 2.24) is 10.2 Å². The van der Waals surface area contributed by atoms with Gasteiger partial charge in [0.2, 0.25) is 0 Å². The number of aliphatic hydroxyl groups is 1. The highest BCUT2D eigenvalue weighted by Gasteiger charge is 2.57. The van der Waals surface area contributed by atoms with E-state index < -0.39 is 36.3 Å². The van der Waals surface area contributed by atoms with Crippen molar-refractivity contribution in [3.63, 3.8) is 0 Å². The Labute approximate surface area is 201 Å². The molecule has 1 fully saturated rings. The van der Waals surface area contributed by atoms with Crippen LogP contribution in [0.4, 0.5) is 0 Å². The quantitative estimate of drug-likeness (QED) is 0.378. The van der Waals surface area contributed by atoms with Gasteiger partial charge in [0.05, 0.1) is 12.8 Å². The summed E-state index contributed by atoms with van der Waals surface area (Å²) < 4.78 is 28.8. The zero-order valence-corrected chi connectivity index (χ0v) is 20.4. The van der Waals surface area contributed by atoms with Gasteiger partial charge in [-0.1, -0.05) is 54.9 Å². The number of nitrogens with one attached hydrogen (secondary N) is 1. The number of ketones is 1. The van der Waals surface area contributed by atoms with Crippen molar-refractivity contribution in [2.45, 2.75) is 36.6 Å². The van der Waals surface area contributed by atoms with E-state index in [2.05, 4.69) is 11.9 Å². The van der Waals surface area contributed by atoms with Crippen LogP contribution in [0.15, 0.2) is 55.0 Å². The molecule has 0 saturated carbocycles. The minimum Gasteiger partial charge on any atom is -0.424 e. The fourth-order valence-electron chi connectivity index (χ4n) is 3.22. The minimum atomic E-state index is -3.84. The molecule has 1 amide bonds. The Morgan fingerprint density at radius 2 is 2.06 bits per heavy atom. The lowest BCUT2D eigenvalue weighted by atomic mass is 10.1. The van der Waals surface area contributed by atoms with E-state index in [4.69, 9.17) is 37.0 Å². The number of halogens is 2. The largest absolute Gasteiger partial charge is 0.424 e. The zero-order chi connectivity index (χ0) is 24.4. The van der Waals surface area contributed by atoms with Crippen molar-refractivity contribution in [3.05, 3.63) is 55.0 Å². The predicted molar refractivity (Wildman–Crippen MR) is 123 cm³/mol. The van der Waals surface area contributed by atoms with Crippen molar-refractivity contribution in [3.8, 4) is 5.75 Å². The van der Waals surface area contributed by atoms with Crippen molar-refractivity contribution < 1.29 is 33.0 Å². The Balaban J connectivity index is 1.76. The molecule has 1 aromatic rings. The van der Waals surface area contributed by atoms with E-state index in [-0.39, 0.29) is 30.3 Å². The number of hydrogen-bond acceptors (Lipinski definition) is 8. The van der Waals surface area contributed by atoms with Gasteiger partial charge < -0.3 is 24.6 Å². The molecule has 12 heteroatoms. The highest BCUT2D eigenvalue weighted by molar-refractivity contribution is 7.54. The normalized spacial score (nSPS) is 27.1. The van der Waals surface area contributed by atoms with Crippen molar-refractivity contribution in [2.75, 3.05) is 12.8 Å². The number of rotatable bonds is 9. The molecule has 2 heterocycles. The molecule has 0 aliphatic carbocycles. The fraction of sp³-hybridized carbons (Fsp3) is 0.429. The van der Waals surface area contributed by atoms with E-state index in [9.17, 15) is 19.3 Å². The van der Waals surface area contributed by atoms with Crippen LogP contribution in [0.1, 0.15) is 13.8 Å². The third kappa shape index (κ3) is 5.98. The van der Waals surface area contributed by atoms with Crippen LogP contribution in [-0.4, -0.2) is 57.2 Å². The second-order valence-corrected chi connectivity index (χ2v) is 11.3. The van der Waals surface area contributed by atoms with Gasteiger partial charge in [-0.15, -0.1) is 0 Å². The van der Waals surface area contributed by atoms with E-state index in [1.54, 1.807) is 37.3 Å². The number of amides is 1. The average molecular weight is 519 g/mol. The lowest BCUT2D eigenvalue weighted by Gasteiger charge is -2.35. The summed E-state index contributed by atoms with van der Waals surface area (Å²) in [5, 5.41) is 13.2. The van der Waals surface area contributed by atoms with E-state index in [1.807, 2.05) is 0 Å². The Hall–Kier alpha value is -1.87. The minimum absolute atomic E-state index is 0.153. The van der Waals surface area contributed by atoms with Gasteiger partial charge in [0.1, 0.15) is 29.6 Å². The Morgan fingerprint density at radius 1 is 1.39 bits per heavy atom. The lowest BCUT2D eigenvalue weighted by molar-refractivity contribution is -0.119. The molecule has 5 atom stereocenters. The van der Waals surface area contributed by atoms with E-state index >= 15 is 0 Å². The summed E-state index contributed by atoms with van der Waals surface area (Å²) in [6, 6.07) is 8.39. The summed E-state index contributed by atoms with van der Waals surface area (Å²) in [5.41, 5.74) is 0. The van der Waals surface area contributed by atoms with Crippen LogP contribution in [0.3, 0.4) is 0 Å². The van der Waals surface area contributed by atoms with E-state index in [0.29, 0.717) is 5.75 Å². The predicted octanol–water partition coefficient (Wildman–Crippen LogP) is 3.18. The van der Waals surface area contributed by atoms with Gasteiger partial charge in [-0.25, -0.2) is 4.57 Å². The molecule has 1 saturated heterocycles. The summed E-state index contributed by atoms with van der Waals surface area (Å²) >= 11 is 12.8. The summed E-state index contributed by atoms with van der Waals surface area (Å²) in [6.07, 6.45) is -1.24. The molecule has 9 nitrogen and oxygen atoms in total. The third-order valence-corrected chi connectivity index (χ3v) is 8.06. The molecule has 0 radical (unpaired) electrons. The van der Waals surface area contributed by atoms with Crippen LogP contribution in [0, 0.1) is 5.92 Å². The number of aliphatic hydroxyl groups excluding tert-OH is 1. The molecule has 0 spiro atoms. The zero-order valence-electron chi connectivity index (χ0n) is 18.0. The smallest absolute Gasteiger partial charge is 0.379 e. The number of carbonyl (C=O) groups excluding carboxylic acids is 2. The van der Waals surface area contributed by atoms with Gasteiger partial charge >= 0.3 is 7.60 Å². The molecule has 2 N–H and O–H groups in total. The van der Waals surface area contributed by atoms with Crippen LogP contribution in [0.2, 0.25) is 0 Å². The van der Waals surface area contributed by atoms with Gasteiger partial charge in [-0.3, -0.25) is 14.1 Å². The van der Waals surface area contributed by atoms with Crippen LogP contribution in [0.25, 0.3) is 0 Å². The molecule has 0 bridgehead atoms. The number of Topliss-reactive ketones (excluding diaryl/α,β-unsaturated/α-hetero) is 1. The van der Waals surface area contributed by atoms with Crippen molar-refractivity contribution >= 4 is 42.5 Å². The van der Waals surface area contributed by atoms with Gasteiger partial charge in [0.25, 0.3) is 5.91 Å². The van der Waals surface area contributed by atoms with Crippen LogP contribution < -0.4 is 9.84 Å². The molecule has 33 heavy (non-hydrogen) atoms. The molecule has 1 aromatic carbocycles. The Bertz CT molecular complexity index is 988. The van der Waals surface area contributed by atoms with Crippen LogP contribution >= 0.6 is 30.8 Å². The molecule has 2 aliphatic heterocycles. The van der Waals surface area contributed by atoms with Gasteiger partial charge in [-0.2, -0.15) is 0 Å². The number of para-hydroxylation sites is 1. The van der Waals surface area contributed by atoms with E-state index in [0.717, 1.165) is 0 Å². The number of nitrogens with zero attached hydrogens (tertiary/aromatic N) is 1. The Morgan fingerprint density at radius 3 is 2.67 bits per heavy atom. The summed E-state index contributed by atoms with van der Waals surface area (Å²) in [7, 11) is -3.84. The first-order chi connectivity index (χ1) is 15.4. The first-order valence-corrected chi connectivity index (χ1v) is 12.6. The lowest BCUT2D eigenvalue weighted by Crippen LogP contribution is -2.49. The Kier molecular flexibility index (Phi) is 7.94. The maximum atomic E-state index is 13.5. The molecule has 180 valence electrons. The van der Waals surface area contributed by atoms with Gasteiger partial charge in [0, 0.05) is 18.2 Å². The monoisotopic (exact) mass is 518 g/mol. The fourth-order valence-corrected chi connectivity index (χ4v) is 5.79. The van der Waals surface area contributed by atoms with Crippen molar-refractivity contribution in [1.29, 1.82) is 0 Å². The number of carbonyl (C=O) groups is 2. The maximum Gasteiger partial charge on any atom is 0.379 e. The van der Waals surface area contributed by atoms with Gasteiger partial charge in [0.15, 0.2) is 10.6 Å². The molecule has 2 aliphatic rings. The topological polar surface area (TPSA) is 114 Å². The number of alkyl halides is 2. The molecule has 3 rings (SSSR count). The second kappa shape index (κ2) is 10.2. The standard InChI is InChI=1S/C21H25Cl2N2O7P/c1-13(14(2)26)12-33(29,32-16-7-5-4-6-8-16)30-11-17-19(28)21(22,23)20(31-17)25-10-9-18(27)24-15(25)3/h4-10,13,17,19-20,28H,3,11-12H2,1-2H3,(H,24,27)/t13-,17-,19?,20-,33?/m1/s1. The number of hydrogen-bond donors (Lipinski definition) is 2.